The molecule has 10 heteroatoms. The molecule has 3 aliphatic rings. The molecule has 0 unspecified atom stereocenters. The monoisotopic (exact) mass is 383 g/mol. The fourth-order valence-electron chi connectivity index (χ4n) is 3.14. The molecule has 0 spiro atoms. The van der Waals surface area contributed by atoms with Crippen molar-refractivity contribution in [2.75, 3.05) is 6.61 Å². The zero-order chi connectivity index (χ0) is 16.4. The van der Waals surface area contributed by atoms with E-state index in [2.05, 4.69) is 9.38 Å². The van der Waals surface area contributed by atoms with Gasteiger partial charge in [0.1, 0.15) is 5.37 Å². The maximum Gasteiger partial charge on any atom is 1.00 e. The summed E-state index contributed by atoms with van der Waals surface area (Å²) in [5, 5.41) is 12.2. The molecule has 0 aromatic carbocycles. The summed E-state index contributed by atoms with van der Waals surface area (Å²) < 4.78 is 7.51. The van der Waals surface area contributed by atoms with Gasteiger partial charge in [-0.05, 0) is 11.5 Å². The molecule has 122 valence electrons. The molecular weight excluding hydrogens is 373 g/mol. The molecule has 5 rings (SSSR count). The first-order valence-corrected chi connectivity index (χ1v) is 9.09. The Morgan fingerprint density at radius 2 is 2.32 bits per heavy atom. The summed E-state index contributed by atoms with van der Waals surface area (Å²) in [6.07, 6.45) is 4.52. The van der Waals surface area contributed by atoms with Crippen molar-refractivity contribution < 1.29 is 49.0 Å². The van der Waals surface area contributed by atoms with E-state index in [4.69, 9.17) is 4.74 Å². The minimum absolute atomic E-state index is 0. The van der Waals surface area contributed by atoms with E-state index >= 15 is 0 Å². The number of hydrogen-bond acceptors (Lipinski definition) is 7. The van der Waals surface area contributed by atoms with Crippen LogP contribution in [0.1, 0.15) is 16.3 Å². The van der Waals surface area contributed by atoms with E-state index in [9.17, 15) is 14.7 Å². The summed E-state index contributed by atoms with van der Waals surface area (Å²) >= 11 is 2.90. The van der Waals surface area contributed by atoms with Crippen molar-refractivity contribution in [2.45, 2.75) is 18.4 Å². The number of β-lactam (4-membered cyclic amide) rings is 1. The molecule has 2 aromatic heterocycles. The van der Waals surface area contributed by atoms with Crippen LogP contribution in [0, 0.1) is 0 Å². The number of ether oxygens (including phenoxy) is 1. The van der Waals surface area contributed by atoms with Crippen molar-refractivity contribution in [1.29, 1.82) is 0 Å². The summed E-state index contributed by atoms with van der Waals surface area (Å²) in [5.41, 5.74) is 2.43. The Morgan fingerprint density at radius 3 is 3.12 bits per heavy atom. The molecule has 1 fully saturated rings. The molecule has 7 nitrogen and oxygen atoms in total. The summed E-state index contributed by atoms with van der Waals surface area (Å²) in [5.74, 6) is -1.62. The van der Waals surface area contributed by atoms with Crippen LogP contribution in [0.2, 0.25) is 0 Å². The van der Waals surface area contributed by atoms with Crippen LogP contribution >= 0.6 is 23.1 Å². The Hall–Kier alpha value is -1.10. The van der Waals surface area contributed by atoms with E-state index < -0.39 is 5.97 Å². The largest absolute Gasteiger partial charge is 1.00 e. The van der Waals surface area contributed by atoms with Crippen LogP contribution < -0.4 is 34.7 Å². The Labute approximate surface area is 172 Å². The summed E-state index contributed by atoms with van der Waals surface area (Å²) in [4.78, 5) is 31.1. The predicted octanol–water partition coefficient (Wildman–Crippen LogP) is -2.64. The van der Waals surface area contributed by atoms with E-state index in [1.54, 1.807) is 17.4 Å². The molecule has 0 aliphatic carbocycles. The van der Waals surface area contributed by atoms with Gasteiger partial charge in [0.2, 0.25) is 0 Å². The molecule has 1 saturated heterocycles. The molecule has 0 radical (unpaired) electrons. The third-order valence-electron chi connectivity index (χ3n) is 4.28. The fraction of sp³-hybridized carbons (Fsp3) is 0.267. The van der Waals surface area contributed by atoms with Gasteiger partial charge in [0.25, 0.3) is 5.91 Å². The van der Waals surface area contributed by atoms with Gasteiger partial charge < -0.3 is 14.6 Å². The van der Waals surface area contributed by atoms with Gasteiger partial charge in [0.05, 0.1) is 41.0 Å². The first kappa shape index (κ1) is 17.3. The first-order chi connectivity index (χ1) is 11.6. The third-order valence-corrected chi connectivity index (χ3v) is 6.43. The number of carbonyl (C=O) groups is 2. The molecule has 0 saturated carbocycles. The standard InChI is InChI=1S/C15H11N3O4S2.Na/c19-12-8(13-18(12)10(6-23-13)14(20)21)3-7-4-17-9-1-2-22-5-11(9)24-15(17)16-7;/h3-4,6,13H,1-2,5H2,(H,20,21);/q;+1/p-1/b8-3+;/t13-;/m1./s1. The molecular formula is C15H10N3NaO4S2. The summed E-state index contributed by atoms with van der Waals surface area (Å²) in [6, 6.07) is 0. The first-order valence-electron chi connectivity index (χ1n) is 7.33. The molecule has 3 aliphatic heterocycles. The molecule has 0 N–H and O–H groups in total. The Bertz CT molecular complexity index is 977. The fourth-order valence-corrected chi connectivity index (χ4v) is 5.35. The number of carboxylic acid groups (broad SMARTS) is 1. The van der Waals surface area contributed by atoms with Gasteiger partial charge >= 0.3 is 29.6 Å². The van der Waals surface area contributed by atoms with E-state index in [1.807, 2.05) is 6.20 Å². The normalized spacial score (nSPS) is 23.1. The predicted molar refractivity (Wildman–Crippen MR) is 85.7 cm³/mol. The van der Waals surface area contributed by atoms with Crippen molar-refractivity contribution in [3.8, 4) is 0 Å². The van der Waals surface area contributed by atoms with Crippen molar-refractivity contribution in [1.82, 2.24) is 14.3 Å². The van der Waals surface area contributed by atoms with E-state index in [0.29, 0.717) is 24.5 Å². The van der Waals surface area contributed by atoms with Gasteiger partial charge in [-0.25, -0.2) is 4.98 Å². The minimum atomic E-state index is -1.33. The van der Waals surface area contributed by atoms with Crippen molar-refractivity contribution >= 4 is 46.0 Å². The topological polar surface area (TPSA) is 87.0 Å². The number of hydrogen-bond donors (Lipinski definition) is 0. The number of carboxylic acids is 1. The van der Waals surface area contributed by atoms with Crippen LogP contribution in [0.5, 0.6) is 0 Å². The van der Waals surface area contributed by atoms with Gasteiger partial charge in [-0.3, -0.25) is 14.1 Å². The number of rotatable bonds is 2. The van der Waals surface area contributed by atoms with E-state index in [1.165, 1.54) is 32.6 Å². The number of fused-ring (bicyclic) bond motifs is 4. The van der Waals surface area contributed by atoms with Crippen LogP contribution in [-0.2, 0) is 27.4 Å². The zero-order valence-electron chi connectivity index (χ0n) is 13.2. The van der Waals surface area contributed by atoms with E-state index in [0.717, 1.165) is 11.4 Å². The number of thiazole rings is 1. The average Bonchev–Trinajstić information content (AvgIpc) is 3.22. The van der Waals surface area contributed by atoms with Gasteiger partial charge in [0, 0.05) is 18.3 Å². The van der Waals surface area contributed by atoms with Crippen LogP contribution in [0.15, 0.2) is 22.9 Å². The maximum atomic E-state index is 12.2. The van der Waals surface area contributed by atoms with E-state index in [-0.39, 0.29) is 46.5 Å². The zero-order valence-corrected chi connectivity index (χ0v) is 16.9. The molecule has 0 bridgehead atoms. The number of imidazole rings is 1. The van der Waals surface area contributed by atoms with Gasteiger partial charge in [0.15, 0.2) is 4.96 Å². The second-order valence-electron chi connectivity index (χ2n) is 5.65. The number of aromatic nitrogens is 2. The summed E-state index contributed by atoms with van der Waals surface area (Å²) in [6.45, 7) is 1.33. The molecule has 1 amide bonds. The average molecular weight is 383 g/mol. The number of thioether (sulfide) groups is 1. The number of aliphatic carboxylic acids is 1. The quantitative estimate of drug-likeness (QED) is 0.320. The Morgan fingerprint density at radius 1 is 1.48 bits per heavy atom. The molecule has 2 aromatic rings. The molecule has 25 heavy (non-hydrogen) atoms. The SMILES string of the molecule is O=C([O-])C1=CS[C@@H]2/C(=C/c3cn4c5c(sc4n3)COCC5)C(=O)N12.[Na+]. The smallest absolute Gasteiger partial charge is 0.543 e. The van der Waals surface area contributed by atoms with Crippen LogP contribution in [-0.4, -0.2) is 38.1 Å². The van der Waals surface area contributed by atoms with Crippen LogP contribution in [0.4, 0.5) is 0 Å². The van der Waals surface area contributed by atoms with Gasteiger partial charge in [-0.15, -0.1) is 11.8 Å². The second-order valence-corrected chi connectivity index (χ2v) is 7.66. The Kier molecular flexibility index (Phi) is 4.33. The number of carbonyl (C=O) groups excluding carboxylic acids is 2. The van der Waals surface area contributed by atoms with Crippen molar-refractivity contribution in [3.05, 3.63) is 39.1 Å². The van der Waals surface area contributed by atoms with Crippen LogP contribution in [0.3, 0.4) is 0 Å². The van der Waals surface area contributed by atoms with Gasteiger partial charge in [-0.1, -0.05) is 11.3 Å². The van der Waals surface area contributed by atoms with Crippen molar-refractivity contribution in [3.63, 3.8) is 0 Å². The number of amides is 1. The third kappa shape index (κ3) is 2.53. The maximum absolute atomic E-state index is 12.2. The minimum Gasteiger partial charge on any atom is -0.543 e. The summed E-state index contributed by atoms with van der Waals surface area (Å²) in [7, 11) is 0. The molecule has 1 atom stereocenters. The second kappa shape index (κ2) is 6.26. The van der Waals surface area contributed by atoms with Crippen molar-refractivity contribution in [2.24, 2.45) is 0 Å². The Balaban J connectivity index is 0.00000157. The molecule has 5 heterocycles. The number of nitrogens with zero attached hydrogens (tertiary/aromatic N) is 3. The van der Waals surface area contributed by atoms with Crippen LogP contribution in [0.25, 0.3) is 11.0 Å². The van der Waals surface area contributed by atoms with Gasteiger partial charge in [-0.2, -0.15) is 0 Å².